The fourth-order valence-electron chi connectivity index (χ4n) is 2.71. The van der Waals surface area contributed by atoms with Crippen LogP contribution in [0.1, 0.15) is 12.6 Å². The highest BCUT2D eigenvalue weighted by Crippen LogP contribution is 2.29. The van der Waals surface area contributed by atoms with E-state index in [9.17, 15) is 9.59 Å². The summed E-state index contributed by atoms with van der Waals surface area (Å²) in [5.74, 6) is 0.795. The molecule has 0 aliphatic rings. The maximum atomic E-state index is 12.3. The summed E-state index contributed by atoms with van der Waals surface area (Å²) < 4.78 is 6.42. The molecule has 8 nitrogen and oxygen atoms in total. The van der Waals surface area contributed by atoms with Gasteiger partial charge in [0.15, 0.2) is 5.13 Å². The number of ether oxygens (including phenoxy) is 1. The molecule has 0 unspecified atom stereocenters. The molecule has 9 heteroatoms. The van der Waals surface area contributed by atoms with Crippen molar-refractivity contribution in [1.82, 2.24) is 14.9 Å². The van der Waals surface area contributed by atoms with Crippen molar-refractivity contribution in [2.75, 3.05) is 37.4 Å². The van der Waals surface area contributed by atoms with Gasteiger partial charge in [0.1, 0.15) is 11.6 Å². The molecule has 2 N–H and O–H groups in total. The lowest BCUT2D eigenvalue weighted by Gasteiger charge is -2.15. The minimum absolute atomic E-state index is 0.0643. The highest BCUT2D eigenvalue weighted by molar-refractivity contribution is 7.22. The third kappa shape index (κ3) is 5.97. The van der Waals surface area contributed by atoms with E-state index >= 15 is 0 Å². The number of carbonyl (C=O) groups is 2. The number of benzene rings is 1. The van der Waals surface area contributed by atoms with Gasteiger partial charge in [-0.15, -0.1) is 0 Å². The van der Waals surface area contributed by atoms with Gasteiger partial charge in [0.25, 0.3) is 0 Å². The van der Waals surface area contributed by atoms with Gasteiger partial charge in [-0.2, -0.15) is 0 Å². The number of aromatic nitrogens is 2. The molecule has 0 aliphatic carbocycles. The topological polar surface area (TPSA) is 96.5 Å². The lowest BCUT2D eigenvalue weighted by Crippen LogP contribution is -2.36. The standard InChI is InChI=1S/C20H23N5O3S/c1-4-28-14-8-9-15-16(10-14)29-20(22-15)24-19(27)12-25(3)11-18(26)23-17-7-5-6-13(2)21-17/h5-10H,4,11-12H2,1-3H3,(H,21,23,26)(H,22,24,27). The molecule has 0 spiro atoms. The minimum Gasteiger partial charge on any atom is -0.494 e. The second-order valence-electron chi connectivity index (χ2n) is 6.51. The maximum absolute atomic E-state index is 12.3. The van der Waals surface area contributed by atoms with Crippen molar-refractivity contribution < 1.29 is 14.3 Å². The Balaban J connectivity index is 1.51. The third-order valence-corrected chi connectivity index (χ3v) is 4.83. The molecule has 1 aromatic carbocycles. The van der Waals surface area contributed by atoms with Gasteiger partial charge in [0.2, 0.25) is 11.8 Å². The van der Waals surface area contributed by atoms with Crippen LogP contribution in [0, 0.1) is 6.92 Å². The second kappa shape index (κ2) is 9.44. The Hall–Kier alpha value is -3.04. The van der Waals surface area contributed by atoms with Gasteiger partial charge in [0.05, 0.1) is 29.9 Å². The highest BCUT2D eigenvalue weighted by atomic mass is 32.1. The van der Waals surface area contributed by atoms with Gasteiger partial charge < -0.3 is 15.4 Å². The first-order valence-electron chi connectivity index (χ1n) is 9.18. The Kier molecular flexibility index (Phi) is 6.73. The number of fused-ring (bicyclic) bond motifs is 1. The summed E-state index contributed by atoms with van der Waals surface area (Å²) in [4.78, 5) is 34.7. The maximum Gasteiger partial charge on any atom is 0.240 e. The average molecular weight is 414 g/mol. The number of pyridine rings is 1. The number of amides is 2. The molecule has 3 aromatic rings. The number of anilines is 2. The second-order valence-corrected chi connectivity index (χ2v) is 7.55. The van der Waals surface area contributed by atoms with Crippen LogP contribution in [0.4, 0.5) is 10.9 Å². The Morgan fingerprint density at radius 2 is 1.86 bits per heavy atom. The fraction of sp³-hybridized carbons (Fsp3) is 0.300. The number of nitrogens with zero attached hydrogens (tertiary/aromatic N) is 3. The lowest BCUT2D eigenvalue weighted by molar-refractivity contribution is -0.119. The molecule has 0 aliphatic heterocycles. The van der Waals surface area contributed by atoms with Gasteiger partial charge in [-0.05, 0) is 51.2 Å². The predicted octanol–water partition coefficient (Wildman–Crippen LogP) is 2.91. The van der Waals surface area contributed by atoms with Crippen molar-refractivity contribution in [2.45, 2.75) is 13.8 Å². The molecule has 29 heavy (non-hydrogen) atoms. The van der Waals surface area contributed by atoms with E-state index in [-0.39, 0.29) is 24.9 Å². The third-order valence-electron chi connectivity index (χ3n) is 3.90. The van der Waals surface area contributed by atoms with E-state index in [1.807, 2.05) is 44.2 Å². The Morgan fingerprint density at radius 3 is 2.59 bits per heavy atom. The smallest absolute Gasteiger partial charge is 0.240 e. The van der Waals surface area contributed by atoms with E-state index in [2.05, 4.69) is 20.6 Å². The summed E-state index contributed by atoms with van der Waals surface area (Å²) in [7, 11) is 1.70. The monoisotopic (exact) mass is 413 g/mol. The summed E-state index contributed by atoms with van der Waals surface area (Å²) in [5, 5.41) is 6.02. The molecule has 0 saturated carbocycles. The van der Waals surface area contributed by atoms with E-state index in [0.29, 0.717) is 17.6 Å². The Bertz CT molecular complexity index is 1020. The Labute approximate surface area is 172 Å². The largest absolute Gasteiger partial charge is 0.494 e. The average Bonchev–Trinajstić information content (AvgIpc) is 3.02. The molecular formula is C20H23N5O3S. The Morgan fingerprint density at radius 1 is 1.10 bits per heavy atom. The van der Waals surface area contributed by atoms with Crippen LogP contribution in [-0.2, 0) is 9.59 Å². The summed E-state index contributed by atoms with van der Waals surface area (Å²) >= 11 is 1.38. The number of carbonyl (C=O) groups excluding carboxylic acids is 2. The normalized spacial score (nSPS) is 10.9. The van der Waals surface area contributed by atoms with Crippen LogP contribution in [0.15, 0.2) is 36.4 Å². The van der Waals surface area contributed by atoms with E-state index in [1.54, 1.807) is 18.0 Å². The molecule has 0 saturated heterocycles. The van der Waals surface area contributed by atoms with Crippen molar-refractivity contribution in [3.63, 3.8) is 0 Å². The first-order chi connectivity index (χ1) is 13.9. The van der Waals surface area contributed by atoms with E-state index < -0.39 is 0 Å². The molecule has 0 atom stereocenters. The zero-order chi connectivity index (χ0) is 20.8. The van der Waals surface area contributed by atoms with Gasteiger partial charge in [-0.3, -0.25) is 14.5 Å². The van der Waals surface area contributed by atoms with Crippen LogP contribution in [0.25, 0.3) is 10.2 Å². The summed E-state index contributed by atoms with van der Waals surface area (Å²) in [5.41, 5.74) is 1.62. The number of rotatable bonds is 8. The van der Waals surface area contributed by atoms with E-state index in [4.69, 9.17) is 4.74 Å². The van der Waals surface area contributed by atoms with Crippen LogP contribution in [0.2, 0.25) is 0 Å². The molecule has 0 radical (unpaired) electrons. The predicted molar refractivity (Wildman–Crippen MR) is 115 cm³/mol. The number of likely N-dealkylation sites (N-methyl/N-ethyl adjacent to an activating group) is 1. The minimum atomic E-state index is -0.238. The zero-order valence-corrected chi connectivity index (χ0v) is 17.4. The molecule has 2 heterocycles. The van der Waals surface area contributed by atoms with Crippen LogP contribution in [0.5, 0.6) is 5.75 Å². The van der Waals surface area contributed by atoms with Crippen molar-refractivity contribution in [2.24, 2.45) is 0 Å². The summed E-state index contributed by atoms with van der Waals surface area (Å²) in [6.07, 6.45) is 0. The molecule has 0 fully saturated rings. The highest BCUT2D eigenvalue weighted by Gasteiger charge is 2.13. The number of nitrogens with one attached hydrogen (secondary N) is 2. The van der Waals surface area contributed by atoms with Crippen molar-refractivity contribution >= 4 is 44.3 Å². The molecule has 152 valence electrons. The molecular weight excluding hydrogens is 390 g/mol. The number of hydrogen-bond acceptors (Lipinski definition) is 7. The first kappa shape index (κ1) is 20.7. The SMILES string of the molecule is CCOc1ccc2nc(NC(=O)CN(C)CC(=O)Nc3cccc(C)n3)sc2c1. The first-order valence-corrected chi connectivity index (χ1v) is 10.00. The summed E-state index contributed by atoms with van der Waals surface area (Å²) in [6, 6.07) is 11.0. The number of aryl methyl sites for hydroxylation is 1. The van der Waals surface area contributed by atoms with Crippen LogP contribution in [0.3, 0.4) is 0 Å². The number of hydrogen-bond donors (Lipinski definition) is 2. The van der Waals surface area contributed by atoms with E-state index in [0.717, 1.165) is 21.7 Å². The molecule has 3 rings (SSSR count). The fourth-order valence-corrected chi connectivity index (χ4v) is 3.63. The van der Waals surface area contributed by atoms with Crippen LogP contribution < -0.4 is 15.4 Å². The van der Waals surface area contributed by atoms with Crippen LogP contribution in [-0.4, -0.2) is 53.4 Å². The number of thiazole rings is 1. The van der Waals surface area contributed by atoms with Gasteiger partial charge >= 0.3 is 0 Å². The van der Waals surface area contributed by atoms with Crippen LogP contribution >= 0.6 is 11.3 Å². The molecule has 2 amide bonds. The molecule has 0 bridgehead atoms. The summed E-state index contributed by atoms with van der Waals surface area (Å²) in [6.45, 7) is 4.51. The zero-order valence-electron chi connectivity index (χ0n) is 16.6. The lowest BCUT2D eigenvalue weighted by atomic mass is 10.3. The van der Waals surface area contributed by atoms with Gasteiger partial charge in [0, 0.05) is 5.69 Å². The molecule has 2 aromatic heterocycles. The van der Waals surface area contributed by atoms with Crippen molar-refractivity contribution in [3.05, 3.63) is 42.1 Å². The van der Waals surface area contributed by atoms with Gasteiger partial charge in [-0.25, -0.2) is 9.97 Å². The van der Waals surface area contributed by atoms with Crippen molar-refractivity contribution in [3.8, 4) is 5.75 Å². The van der Waals surface area contributed by atoms with E-state index in [1.165, 1.54) is 11.3 Å². The van der Waals surface area contributed by atoms with Gasteiger partial charge in [-0.1, -0.05) is 17.4 Å². The quantitative estimate of drug-likeness (QED) is 0.589. The van der Waals surface area contributed by atoms with Crippen molar-refractivity contribution in [1.29, 1.82) is 0 Å².